The molecule has 0 atom stereocenters. The van der Waals surface area contributed by atoms with Crippen molar-refractivity contribution < 1.29 is 28.5 Å². The molecule has 0 aliphatic heterocycles. The highest BCUT2D eigenvalue weighted by molar-refractivity contribution is 9.10. The number of amides is 2. The molecular weight excluding hydrogens is 578 g/mol. The van der Waals surface area contributed by atoms with Gasteiger partial charge in [0.25, 0.3) is 11.8 Å². The fourth-order valence-corrected chi connectivity index (χ4v) is 4.05. The van der Waals surface area contributed by atoms with E-state index in [0.29, 0.717) is 50.2 Å². The summed E-state index contributed by atoms with van der Waals surface area (Å²) < 4.78 is 22.7. The highest BCUT2D eigenvalue weighted by Crippen LogP contribution is 2.37. The van der Waals surface area contributed by atoms with Crippen molar-refractivity contribution in [3.8, 4) is 23.0 Å². The number of ether oxygens (including phenoxy) is 4. The molecule has 0 saturated heterocycles. The summed E-state index contributed by atoms with van der Waals surface area (Å²) in [5.41, 5.74) is 4.21. The van der Waals surface area contributed by atoms with Gasteiger partial charge in [0.1, 0.15) is 6.61 Å². The molecular formula is C27H27BrClN3O6. The molecule has 0 heterocycles. The van der Waals surface area contributed by atoms with Gasteiger partial charge in [-0.3, -0.25) is 9.59 Å². The number of carbonyl (C=O) groups excluding carboxylic acids is 2. The third-order valence-corrected chi connectivity index (χ3v) is 6.08. The van der Waals surface area contributed by atoms with E-state index in [2.05, 4.69) is 31.8 Å². The molecule has 0 fully saturated rings. The van der Waals surface area contributed by atoms with E-state index in [9.17, 15) is 9.59 Å². The van der Waals surface area contributed by atoms with Crippen molar-refractivity contribution in [1.29, 1.82) is 0 Å². The van der Waals surface area contributed by atoms with Crippen molar-refractivity contribution in [2.45, 2.75) is 13.5 Å². The molecule has 200 valence electrons. The second kappa shape index (κ2) is 14.3. The van der Waals surface area contributed by atoms with Gasteiger partial charge in [-0.1, -0.05) is 29.8 Å². The zero-order chi connectivity index (χ0) is 27.5. The number of carbonyl (C=O) groups is 2. The minimum Gasteiger partial charge on any atom is -0.493 e. The summed E-state index contributed by atoms with van der Waals surface area (Å²) in [4.78, 5) is 24.6. The van der Waals surface area contributed by atoms with Crippen molar-refractivity contribution >= 4 is 45.6 Å². The maximum absolute atomic E-state index is 12.4. The largest absolute Gasteiger partial charge is 0.493 e. The second-order valence-electron chi connectivity index (χ2n) is 7.69. The van der Waals surface area contributed by atoms with Crippen LogP contribution in [0, 0.1) is 0 Å². The number of benzene rings is 3. The van der Waals surface area contributed by atoms with E-state index < -0.39 is 11.8 Å². The number of hydrogen-bond acceptors (Lipinski definition) is 7. The molecule has 2 N–H and O–H groups in total. The number of rotatable bonds is 12. The highest BCUT2D eigenvalue weighted by Gasteiger charge is 2.14. The smallest absolute Gasteiger partial charge is 0.259 e. The predicted molar refractivity (Wildman–Crippen MR) is 149 cm³/mol. The Morgan fingerprint density at radius 1 is 1.00 bits per heavy atom. The fourth-order valence-electron chi connectivity index (χ4n) is 3.29. The van der Waals surface area contributed by atoms with Crippen LogP contribution in [0.5, 0.6) is 23.0 Å². The third-order valence-electron chi connectivity index (χ3n) is 5.12. The zero-order valence-electron chi connectivity index (χ0n) is 21.0. The van der Waals surface area contributed by atoms with E-state index >= 15 is 0 Å². The van der Waals surface area contributed by atoms with Gasteiger partial charge >= 0.3 is 0 Å². The van der Waals surface area contributed by atoms with E-state index in [0.717, 1.165) is 5.56 Å². The van der Waals surface area contributed by atoms with Crippen LogP contribution in [0.2, 0.25) is 5.02 Å². The number of nitrogens with zero attached hydrogens (tertiary/aromatic N) is 1. The number of hydrogen-bond donors (Lipinski definition) is 2. The van der Waals surface area contributed by atoms with E-state index in [1.54, 1.807) is 30.3 Å². The minimum atomic E-state index is -0.501. The number of halogens is 2. The number of hydrazone groups is 1. The van der Waals surface area contributed by atoms with E-state index in [1.165, 1.54) is 26.5 Å². The Balaban J connectivity index is 1.59. The quantitative estimate of drug-likeness (QED) is 0.223. The highest BCUT2D eigenvalue weighted by atomic mass is 79.9. The van der Waals surface area contributed by atoms with Gasteiger partial charge < -0.3 is 24.3 Å². The van der Waals surface area contributed by atoms with Gasteiger partial charge in [0.15, 0.2) is 23.0 Å². The summed E-state index contributed by atoms with van der Waals surface area (Å²) in [7, 11) is 2.98. The lowest BCUT2D eigenvalue weighted by Gasteiger charge is -2.15. The maximum atomic E-state index is 12.4. The van der Waals surface area contributed by atoms with Gasteiger partial charge in [0, 0.05) is 16.1 Å². The maximum Gasteiger partial charge on any atom is 0.259 e. The summed E-state index contributed by atoms with van der Waals surface area (Å²) >= 11 is 9.74. The molecule has 0 unspecified atom stereocenters. The topological polar surface area (TPSA) is 107 Å². The predicted octanol–water partition coefficient (Wildman–Crippen LogP) is 4.98. The number of methoxy groups -OCH3 is 2. The zero-order valence-corrected chi connectivity index (χ0v) is 23.4. The van der Waals surface area contributed by atoms with Crippen LogP contribution in [0.3, 0.4) is 0 Å². The summed E-state index contributed by atoms with van der Waals surface area (Å²) in [5, 5.41) is 7.12. The second-order valence-corrected chi connectivity index (χ2v) is 8.95. The summed E-state index contributed by atoms with van der Waals surface area (Å²) in [6.07, 6.45) is 1.46. The molecule has 2 amide bonds. The molecule has 38 heavy (non-hydrogen) atoms. The van der Waals surface area contributed by atoms with Crippen LogP contribution in [0.25, 0.3) is 0 Å². The molecule has 9 nitrogen and oxygen atoms in total. The van der Waals surface area contributed by atoms with Crippen molar-refractivity contribution in [1.82, 2.24) is 10.7 Å². The lowest BCUT2D eigenvalue weighted by atomic mass is 10.2. The van der Waals surface area contributed by atoms with Crippen LogP contribution in [-0.4, -0.2) is 45.4 Å². The van der Waals surface area contributed by atoms with E-state index in [4.69, 9.17) is 30.5 Å². The standard InChI is InChI=1S/C27H27BrClN3O6/c1-4-37-24-12-17(11-20(28)26(24)38-16-19-7-5-6-8-21(19)29)14-31-32-25(33)15-30-27(34)18-9-10-22(35-2)23(13-18)36-3/h5-14H,4,15-16H2,1-3H3,(H,30,34)(H,32,33)/b31-14+. The van der Waals surface area contributed by atoms with E-state index in [1.807, 2.05) is 25.1 Å². The summed E-state index contributed by atoms with van der Waals surface area (Å²) in [6.45, 7) is 2.28. The van der Waals surface area contributed by atoms with Crippen LogP contribution in [0.4, 0.5) is 0 Å². The molecule has 0 radical (unpaired) electrons. The fraction of sp³-hybridized carbons (Fsp3) is 0.222. The minimum absolute atomic E-state index is 0.261. The van der Waals surface area contributed by atoms with E-state index in [-0.39, 0.29) is 13.2 Å². The van der Waals surface area contributed by atoms with Crippen molar-refractivity contribution in [2.24, 2.45) is 5.10 Å². The van der Waals surface area contributed by atoms with Crippen LogP contribution in [-0.2, 0) is 11.4 Å². The first-order valence-corrected chi connectivity index (χ1v) is 12.7. The van der Waals surface area contributed by atoms with Crippen LogP contribution >= 0.6 is 27.5 Å². The molecule has 3 aromatic rings. The monoisotopic (exact) mass is 603 g/mol. The van der Waals surface area contributed by atoms with Crippen LogP contribution in [0.1, 0.15) is 28.4 Å². The molecule has 3 aromatic carbocycles. The Morgan fingerprint density at radius 2 is 1.76 bits per heavy atom. The Labute approximate surface area is 234 Å². The average molecular weight is 605 g/mol. The molecule has 0 bridgehead atoms. The van der Waals surface area contributed by atoms with Gasteiger partial charge in [0.2, 0.25) is 0 Å². The molecule has 11 heteroatoms. The number of nitrogens with one attached hydrogen (secondary N) is 2. The van der Waals surface area contributed by atoms with Crippen LogP contribution < -0.4 is 29.7 Å². The van der Waals surface area contributed by atoms with Gasteiger partial charge in [-0.25, -0.2) is 5.43 Å². The molecule has 0 aromatic heterocycles. The first-order valence-electron chi connectivity index (χ1n) is 11.5. The van der Waals surface area contributed by atoms with Crippen molar-refractivity contribution in [2.75, 3.05) is 27.4 Å². The Kier molecular flexibility index (Phi) is 10.8. The van der Waals surface area contributed by atoms with Gasteiger partial charge in [0.05, 0.1) is 38.1 Å². The molecule has 0 saturated carbocycles. The summed E-state index contributed by atoms with van der Waals surface area (Å²) in [6, 6.07) is 15.7. The third kappa shape index (κ3) is 7.87. The first-order chi connectivity index (χ1) is 18.4. The normalized spacial score (nSPS) is 10.7. The molecule has 3 rings (SSSR count). The van der Waals surface area contributed by atoms with Gasteiger partial charge in [-0.05, 0) is 64.8 Å². The van der Waals surface area contributed by atoms with Crippen molar-refractivity contribution in [3.63, 3.8) is 0 Å². The molecule has 0 aliphatic carbocycles. The lowest BCUT2D eigenvalue weighted by molar-refractivity contribution is -0.120. The average Bonchev–Trinajstić information content (AvgIpc) is 2.92. The first kappa shape index (κ1) is 28.8. The SMILES string of the molecule is CCOc1cc(/C=N/NC(=O)CNC(=O)c2ccc(OC)c(OC)c2)cc(Br)c1OCc1ccccc1Cl. The van der Waals surface area contributed by atoms with Crippen molar-refractivity contribution in [3.05, 3.63) is 80.8 Å². The summed E-state index contributed by atoms with van der Waals surface area (Å²) in [5.74, 6) is 0.985. The lowest BCUT2D eigenvalue weighted by Crippen LogP contribution is -2.34. The molecule has 0 spiro atoms. The Hall–Kier alpha value is -3.76. The van der Waals surface area contributed by atoms with Gasteiger partial charge in [-0.2, -0.15) is 5.10 Å². The Bertz CT molecular complexity index is 1320. The molecule has 0 aliphatic rings. The van der Waals surface area contributed by atoms with Crippen LogP contribution in [0.15, 0.2) is 64.2 Å². The van der Waals surface area contributed by atoms with Gasteiger partial charge in [-0.15, -0.1) is 0 Å². The Morgan fingerprint density at radius 3 is 2.47 bits per heavy atom.